The third-order valence-electron chi connectivity index (χ3n) is 3.57. The topological polar surface area (TPSA) is 81.7 Å². The monoisotopic (exact) mass is 327 g/mol. The molecule has 0 saturated heterocycles. The zero-order valence-corrected chi connectivity index (χ0v) is 13.6. The Morgan fingerprint density at radius 3 is 2.91 bits per heavy atom. The van der Waals surface area contributed by atoms with Gasteiger partial charge in [0.25, 0.3) is 0 Å². The van der Waals surface area contributed by atoms with Crippen LogP contribution in [0.5, 0.6) is 11.5 Å². The molecule has 22 heavy (non-hydrogen) atoms. The first-order valence-corrected chi connectivity index (χ1v) is 8.94. The van der Waals surface area contributed by atoms with E-state index in [2.05, 4.69) is 4.72 Å². The summed E-state index contributed by atoms with van der Waals surface area (Å²) in [6, 6.07) is 5.39. The molecule has 6 nitrogen and oxygen atoms in total. The predicted molar refractivity (Wildman–Crippen MR) is 82.5 cm³/mol. The molecule has 1 aliphatic rings. The number of ether oxygens (including phenoxy) is 2. The number of hydrogen-bond acceptors (Lipinski definition) is 5. The van der Waals surface area contributed by atoms with E-state index in [1.165, 1.54) is 0 Å². The molecule has 7 heteroatoms. The molecular weight excluding hydrogens is 306 g/mol. The molecule has 0 bridgehead atoms. The molecule has 0 fully saturated rings. The number of hydrogen-bond donors (Lipinski definition) is 1. The van der Waals surface area contributed by atoms with Gasteiger partial charge >= 0.3 is 0 Å². The van der Waals surface area contributed by atoms with E-state index in [-0.39, 0.29) is 12.4 Å². The van der Waals surface area contributed by atoms with E-state index in [1.54, 1.807) is 19.2 Å². The molecule has 1 aliphatic heterocycles. The number of amides is 1. The molecule has 1 N–H and O–H groups in total. The number of carbonyl (C=O) groups excluding carboxylic acids is 1. The molecule has 2 rings (SSSR count). The Balaban J connectivity index is 2.01. The Morgan fingerprint density at radius 1 is 1.45 bits per heavy atom. The van der Waals surface area contributed by atoms with E-state index >= 15 is 0 Å². The minimum atomic E-state index is -3.56. The van der Waals surface area contributed by atoms with Crippen molar-refractivity contribution in [2.45, 2.75) is 26.2 Å². The Hall–Kier alpha value is -1.76. The number of methoxy groups -OCH3 is 1. The molecule has 1 heterocycles. The lowest BCUT2D eigenvalue weighted by Crippen LogP contribution is -2.41. The molecule has 0 spiro atoms. The molecule has 0 saturated carbocycles. The Kier molecular flexibility index (Phi) is 5.28. The van der Waals surface area contributed by atoms with Gasteiger partial charge in [-0.05, 0) is 24.5 Å². The van der Waals surface area contributed by atoms with Crippen LogP contribution in [0.4, 0.5) is 0 Å². The largest absolute Gasteiger partial charge is 0.497 e. The van der Waals surface area contributed by atoms with Crippen LogP contribution in [-0.4, -0.2) is 33.8 Å². The number of benzene rings is 1. The van der Waals surface area contributed by atoms with Crippen LogP contribution in [0.1, 0.15) is 25.3 Å². The molecule has 0 radical (unpaired) electrons. The van der Waals surface area contributed by atoms with Crippen LogP contribution in [0.15, 0.2) is 18.2 Å². The number of unbranched alkanes of at least 4 members (excludes halogenated alkanes) is 1. The molecule has 122 valence electrons. The van der Waals surface area contributed by atoms with Crippen molar-refractivity contribution in [1.82, 2.24) is 4.72 Å². The molecule has 1 aromatic carbocycles. The first-order valence-electron chi connectivity index (χ1n) is 7.29. The highest BCUT2D eigenvalue weighted by Crippen LogP contribution is 2.31. The van der Waals surface area contributed by atoms with Crippen molar-refractivity contribution < 1.29 is 22.7 Å². The highest BCUT2D eigenvalue weighted by molar-refractivity contribution is 7.90. The molecule has 1 atom stereocenters. The van der Waals surface area contributed by atoms with Gasteiger partial charge in [0.15, 0.2) is 0 Å². The average molecular weight is 327 g/mol. The van der Waals surface area contributed by atoms with E-state index in [1.807, 2.05) is 13.0 Å². The van der Waals surface area contributed by atoms with Crippen molar-refractivity contribution in [1.29, 1.82) is 0 Å². The first kappa shape index (κ1) is 16.6. The lowest BCUT2D eigenvalue weighted by molar-refractivity contribution is -0.124. The number of nitrogens with one attached hydrogen (secondary N) is 1. The van der Waals surface area contributed by atoms with Crippen LogP contribution < -0.4 is 14.2 Å². The van der Waals surface area contributed by atoms with Gasteiger partial charge in [-0.15, -0.1) is 0 Å². The fourth-order valence-electron chi connectivity index (χ4n) is 2.27. The molecule has 0 aromatic heterocycles. The minimum absolute atomic E-state index is 0.0311. The van der Waals surface area contributed by atoms with E-state index < -0.39 is 21.8 Å². The van der Waals surface area contributed by atoms with Gasteiger partial charge in [-0.25, -0.2) is 8.42 Å². The third-order valence-corrected chi connectivity index (χ3v) is 4.91. The number of rotatable bonds is 6. The van der Waals surface area contributed by atoms with Gasteiger partial charge in [0.05, 0.1) is 18.8 Å². The van der Waals surface area contributed by atoms with Gasteiger partial charge in [0.1, 0.15) is 18.1 Å². The second kappa shape index (κ2) is 7.00. The zero-order valence-electron chi connectivity index (χ0n) is 12.8. The summed E-state index contributed by atoms with van der Waals surface area (Å²) in [5.41, 5.74) is 0.873. The normalized spacial score (nSPS) is 17.3. The molecule has 1 aromatic rings. The van der Waals surface area contributed by atoms with Gasteiger partial charge in [0.2, 0.25) is 15.9 Å². The third kappa shape index (κ3) is 4.13. The Labute approximate surface area is 130 Å². The number of fused-ring (bicyclic) bond motifs is 1. The fourth-order valence-corrected chi connectivity index (χ4v) is 3.51. The van der Waals surface area contributed by atoms with Gasteiger partial charge in [-0.2, -0.15) is 0 Å². The summed E-state index contributed by atoms with van der Waals surface area (Å²) in [5.74, 6) is 0.326. The van der Waals surface area contributed by atoms with Crippen molar-refractivity contribution in [3.05, 3.63) is 23.8 Å². The standard InChI is InChI=1S/C15H21NO5S/c1-3-4-7-22(18,19)16-15(17)12-8-11-5-6-13(20-2)9-14(11)21-10-12/h5-6,9,12H,3-4,7-8,10H2,1-2H3,(H,16,17)/t12-/m0/s1. The summed E-state index contributed by atoms with van der Waals surface area (Å²) >= 11 is 0. The summed E-state index contributed by atoms with van der Waals surface area (Å²) in [6.07, 6.45) is 1.75. The van der Waals surface area contributed by atoms with Crippen LogP contribution in [0.25, 0.3) is 0 Å². The van der Waals surface area contributed by atoms with Crippen molar-refractivity contribution in [3.8, 4) is 11.5 Å². The molecule has 1 amide bonds. The molecule has 0 aliphatic carbocycles. The van der Waals surface area contributed by atoms with Gasteiger partial charge in [-0.3, -0.25) is 9.52 Å². The molecular formula is C15H21NO5S. The highest BCUT2D eigenvalue weighted by Gasteiger charge is 2.28. The number of sulfonamides is 1. The maximum absolute atomic E-state index is 12.1. The lowest BCUT2D eigenvalue weighted by atomic mass is 9.96. The first-order chi connectivity index (χ1) is 10.4. The Bertz CT molecular complexity index is 641. The summed E-state index contributed by atoms with van der Waals surface area (Å²) in [7, 11) is -1.98. The quantitative estimate of drug-likeness (QED) is 0.856. The lowest BCUT2D eigenvalue weighted by Gasteiger charge is -2.24. The smallest absolute Gasteiger partial charge is 0.240 e. The highest BCUT2D eigenvalue weighted by atomic mass is 32.2. The second-order valence-corrected chi connectivity index (χ2v) is 7.17. The fraction of sp³-hybridized carbons (Fsp3) is 0.533. The van der Waals surface area contributed by atoms with Gasteiger partial charge in [-0.1, -0.05) is 19.4 Å². The number of carbonyl (C=O) groups is 1. The van der Waals surface area contributed by atoms with Crippen LogP contribution in [0, 0.1) is 5.92 Å². The summed E-state index contributed by atoms with van der Waals surface area (Å²) in [4.78, 5) is 12.1. The van der Waals surface area contributed by atoms with Crippen LogP contribution in [-0.2, 0) is 21.2 Å². The minimum Gasteiger partial charge on any atom is -0.497 e. The van der Waals surface area contributed by atoms with Crippen LogP contribution in [0.3, 0.4) is 0 Å². The molecule has 0 unspecified atom stereocenters. The second-order valence-electron chi connectivity index (χ2n) is 5.32. The van der Waals surface area contributed by atoms with Crippen molar-refractivity contribution >= 4 is 15.9 Å². The van der Waals surface area contributed by atoms with Crippen molar-refractivity contribution in [2.24, 2.45) is 5.92 Å². The predicted octanol–water partition coefficient (Wildman–Crippen LogP) is 1.49. The summed E-state index contributed by atoms with van der Waals surface area (Å²) in [5, 5.41) is 0. The van der Waals surface area contributed by atoms with E-state index in [0.717, 1.165) is 12.0 Å². The van der Waals surface area contributed by atoms with Crippen molar-refractivity contribution in [2.75, 3.05) is 19.5 Å². The van der Waals surface area contributed by atoms with E-state index in [4.69, 9.17) is 9.47 Å². The van der Waals surface area contributed by atoms with E-state index in [9.17, 15) is 13.2 Å². The average Bonchev–Trinajstić information content (AvgIpc) is 2.51. The SMILES string of the molecule is CCCCS(=O)(=O)NC(=O)[C@@H]1COc2cc(OC)ccc2C1. The summed E-state index contributed by atoms with van der Waals surface area (Å²) in [6.45, 7) is 2.06. The van der Waals surface area contributed by atoms with E-state index in [0.29, 0.717) is 24.3 Å². The maximum Gasteiger partial charge on any atom is 0.240 e. The van der Waals surface area contributed by atoms with Crippen molar-refractivity contribution in [3.63, 3.8) is 0 Å². The van der Waals surface area contributed by atoms with Gasteiger partial charge in [0, 0.05) is 6.07 Å². The van der Waals surface area contributed by atoms with Crippen LogP contribution >= 0.6 is 0 Å². The van der Waals surface area contributed by atoms with Gasteiger partial charge < -0.3 is 9.47 Å². The Morgan fingerprint density at radius 2 is 2.23 bits per heavy atom. The van der Waals surface area contributed by atoms with Crippen LogP contribution in [0.2, 0.25) is 0 Å². The zero-order chi connectivity index (χ0) is 16.2. The maximum atomic E-state index is 12.1. The summed E-state index contributed by atoms with van der Waals surface area (Å²) < 4.78 is 36.4.